The lowest BCUT2D eigenvalue weighted by atomic mass is 9.88. The number of Topliss-reactive ketones (excluding diaryl/α,β-unsaturated/α-hetero) is 4. The third-order valence-electron chi connectivity index (χ3n) is 6.49. The standard InChI is InChI=1S/C32H26O10/c1-39-25-11-5-17(13-27(25)41-3)29(35)31(37)23-15-19(33)7-9-21(23)22-10-8-20(34)16-24(22)32(38)30(36)18-6-12-26(40-2)28(14-18)42-4/h5-16,33-34H,1-4H3. The van der Waals surface area contributed by atoms with E-state index in [4.69, 9.17) is 18.9 Å². The van der Waals surface area contributed by atoms with Crippen LogP contribution in [0.25, 0.3) is 11.1 Å². The maximum atomic E-state index is 13.5. The van der Waals surface area contributed by atoms with Crippen molar-refractivity contribution in [3.8, 4) is 45.6 Å². The molecule has 0 saturated carbocycles. The van der Waals surface area contributed by atoms with Crippen molar-refractivity contribution in [3.05, 3.63) is 95.1 Å². The molecule has 10 heteroatoms. The first-order valence-electron chi connectivity index (χ1n) is 12.4. The molecule has 0 aliphatic carbocycles. The summed E-state index contributed by atoms with van der Waals surface area (Å²) in [6, 6.07) is 15.8. The van der Waals surface area contributed by atoms with E-state index in [1.165, 1.54) is 89.1 Å². The Kier molecular flexibility index (Phi) is 8.56. The highest BCUT2D eigenvalue weighted by molar-refractivity contribution is 6.51. The molecule has 0 fully saturated rings. The monoisotopic (exact) mass is 570 g/mol. The second kappa shape index (κ2) is 12.3. The molecule has 0 aliphatic rings. The quantitative estimate of drug-likeness (QED) is 0.188. The third kappa shape index (κ3) is 5.64. The fourth-order valence-electron chi connectivity index (χ4n) is 4.37. The Balaban J connectivity index is 1.80. The van der Waals surface area contributed by atoms with Crippen molar-refractivity contribution in [2.45, 2.75) is 0 Å². The van der Waals surface area contributed by atoms with Crippen molar-refractivity contribution in [2.75, 3.05) is 28.4 Å². The molecular weight excluding hydrogens is 544 g/mol. The van der Waals surface area contributed by atoms with Gasteiger partial charge < -0.3 is 29.2 Å². The molecule has 2 N–H and O–H groups in total. The molecule has 0 heterocycles. The van der Waals surface area contributed by atoms with Crippen molar-refractivity contribution >= 4 is 23.1 Å². The molecule has 0 amide bonds. The highest BCUT2D eigenvalue weighted by atomic mass is 16.5. The molecule has 0 spiro atoms. The van der Waals surface area contributed by atoms with Crippen molar-refractivity contribution in [1.82, 2.24) is 0 Å². The molecule has 0 unspecified atom stereocenters. The second-order valence-electron chi connectivity index (χ2n) is 8.92. The number of aromatic hydroxyl groups is 2. The molecule has 4 aromatic rings. The second-order valence-corrected chi connectivity index (χ2v) is 8.92. The molecule has 4 aromatic carbocycles. The lowest BCUT2D eigenvalue weighted by Crippen LogP contribution is -2.18. The van der Waals surface area contributed by atoms with Gasteiger partial charge in [0.1, 0.15) is 11.5 Å². The minimum absolute atomic E-state index is 0.00224. The van der Waals surface area contributed by atoms with Gasteiger partial charge in [-0.25, -0.2) is 0 Å². The number of ether oxygens (including phenoxy) is 4. The number of benzene rings is 4. The SMILES string of the molecule is COc1ccc(C(=O)C(=O)c2cc(O)ccc2-c2ccc(O)cc2C(=O)C(=O)c2ccc(OC)c(OC)c2)cc1OC. The van der Waals surface area contributed by atoms with E-state index in [0.29, 0.717) is 11.5 Å². The largest absolute Gasteiger partial charge is 0.508 e. The Morgan fingerprint density at radius 1 is 0.452 bits per heavy atom. The number of carbonyl (C=O) groups excluding carboxylic acids is 4. The van der Waals surface area contributed by atoms with E-state index in [1.807, 2.05) is 0 Å². The molecular formula is C32H26O10. The Hall–Kier alpha value is -5.64. The molecule has 0 aliphatic heterocycles. The fourth-order valence-corrected chi connectivity index (χ4v) is 4.37. The Morgan fingerprint density at radius 2 is 0.810 bits per heavy atom. The van der Waals surface area contributed by atoms with Gasteiger partial charge in [0, 0.05) is 22.3 Å². The molecule has 10 nitrogen and oxygen atoms in total. The highest BCUT2D eigenvalue weighted by Gasteiger charge is 2.28. The van der Waals surface area contributed by atoms with Crippen LogP contribution >= 0.6 is 0 Å². The van der Waals surface area contributed by atoms with Crippen LogP contribution in [-0.4, -0.2) is 61.8 Å². The molecule has 42 heavy (non-hydrogen) atoms. The Bertz CT molecular complexity index is 1590. The first-order valence-corrected chi connectivity index (χ1v) is 12.4. The number of rotatable bonds is 11. The van der Waals surface area contributed by atoms with Gasteiger partial charge in [0.15, 0.2) is 23.0 Å². The molecule has 0 bridgehead atoms. The van der Waals surface area contributed by atoms with Gasteiger partial charge in [0.05, 0.1) is 28.4 Å². The van der Waals surface area contributed by atoms with Crippen LogP contribution in [0.1, 0.15) is 41.4 Å². The Morgan fingerprint density at radius 3 is 1.14 bits per heavy atom. The molecule has 0 aromatic heterocycles. The van der Waals surface area contributed by atoms with Crippen LogP contribution in [0.3, 0.4) is 0 Å². The van der Waals surface area contributed by atoms with Crippen LogP contribution in [0.4, 0.5) is 0 Å². The van der Waals surface area contributed by atoms with E-state index < -0.39 is 23.1 Å². The average Bonchev–Trinajstić information content (AvgIpc) is 3.02. The molecule has 0 radical (unpaired) electrons. The van der Waals surface area contributed by atoms with E-state index >= 15 is 0 Å². The average molecular weight is 571 g/mol. The predicted molar refractivity (Wildman–Crippen MR) is 152 cm³/mol. The summed E-state index contributed by atoms with van der Waals surface area (Å²) in [5, 5.41) is 20.4. The zero-order chi connectivity index (χ0) is 30.6. The number of phenolic OH excluding ortho intramolecular Hbond substituents is 2. The summed E-state index contributed by atoms with van der Waals surface area (Å²) in [5.41, 5.74) is -0.304. The first kappa shape index (κ1) is 29.3. The van der Waals surface area contributed by atoms with Gasteiger partial charge in [-0.3, -0.25) is 19.2 Å². The van der Waals surface area contributed by atoms with E-state index in [-0.39, 0.29) is 56.4 Å². The maximum Gasteiger partial charge on any atom is 0.234 e. The normalized spacial score (nSPS) is 10.5. The first-order chi connectivity index (χ1) is 20.1. The topological polar surface area (TPSA) is 146 Å². The smallest absolute Gasteiger partial charge is 0.234 e. The van der Waals surface area contributed by atoms with E-state index in [2.05, 4.69) is 0 Å². The summed E-state index contributed by atoms with van der Waals surface area (Å²) < 4.78 is 20.8. The predicted octanol–water partition coefficient (Wildman–Crippen LogP) is 4.93. The van der Waals surface area contributed by atoms with Crippen LogP contribution in [-0.2, 0) is 0 Å². The van der Waals surface area contributed by atoms with E-state index in [1.54, 1.807) is 0 Å². The van der Waals surface area contributed by atoms with Crippen LogP contribution in [0.15, 0.2) is 72.8 Å². The number of hydrogen-bond acceptors (Lipinski definition) is 10. The van der Waals surface area contributed by atoms with Crippen molar-refractivity contribution in [1.29, 1.82) is 0 Å². The number of phenols is 2. The molecule has 214 valence electrons. The maximum absolute atomic E-state index is 13.5. The van der Waals surface area contributed by atoms with Crippen molar-refractivity contribution in [2.24, 2.45) is 0 Å². The number of methoxy groups -OCH3 is 4. The summed E-state index contributed by atoms with van der Waals surface area (Å²) in [6.45, 7) is 0. The lowest BCUT2D eigenvalue weighted by molar-refractivity contribution is 0.0816. The van der Waals surface area contributed by atoms with Gasteiger partial charge >= 0.3 is 0 Å². The van der Waals surface area contributed by atoms with E-state index in [9.17, 15) is 29.4 Å². The van der Waals surface area contributed by atoms with Crippen molar-refractivity contribution < 1.29 is 48.3 Å². The zero-order valence-electron chi connectivity index (χ0n) is 23.1. The van der Waals surface area contributed by atoms with Gasteiger partial charge in [-0.1, -0.05) is 0 Å². The van der Waals surface area contributed by atoms with Gasteiger partial charge in [-0.05, 0) is 83.9 Å². The van der Waals surface area contributed by atoms with Crippen LogP contribution in [0.2, 0.25) is 0 Å². The van der Waals surface area contributed by atoms with E-state index in [0.717, 1.165) is 12.1 Å². The summed E-state index contributed by atoms with van der Waals surface area (Å²) >= 11 is 0. The van der Waals surface area contributed by atoms with Crippen LogP contribution in [0.5, 0.6) is 34.5 Å². The van der Waals surface area contributed by atoms with Crippen LogP contribution in [0, 0.1) is 0 Å². The van der Waals surface area contributed by atoms with Gasteiger partial charge in [0.2, 0.25) is 23.1 Å². The summed E-state index contributed by atoms with van der Waals surface area (Å²) in [5.74, 6) is -3.29. The number of carbonyl (C=O) groups is 4. The number of hydrogen-bond donors (Lipinski definition) is 2. The summed E-state index contributed by atoms with van der Waals surface area (Å²) in [6.07, 6.45) is 0. The van der Waals surface area contributed by atoms with Crippen molar-refractivity contribution in [3.63, 3.8) is 0 Å². The minimum Gasteiger partial charge on any atom is -0.508 e. The highest BCUT2D eigenvalue weighted by Crippen LogP contribution is 2.35. The lowest BCUT2D eigenvalue weighted by Gasteiger charge is -2.14. The molecule has 0 saturated heterocycles. The summed E-state index contributed by atoms with van der Waals surface area (Å²) in [4.78, 5) is 53.6. The summed E-state index contributed by atoms with van der Waals surface area (Å²) in [7, 11) is 5.62. The van der Waals surface area contributed by atoms with Gasteiger partial charge in [-0.2, -0.15) is 0 Å². The Labute approximate surface area is 240 Å². The van der Waals surface area contributed by atoms with Gasteiger partial charge in [0.25, 0.3) is 0 Å². The molecule has 4 rings (SSSR count). The van der Waals surface area contributed by atoms with Gasteiger partial charge in [-0.15, -0.1) is 0 Å². The fraction of sp³-hybridized carbons (Fsp3) is 0.125. The minimum atomic E-state index is -0.995. The number of ketones is 4. The zero-order valence-corrected chi connectivity index (χ0v) is 23.1. The van der Waals surface area contributed by atoms with Crippen LogP contribution < -0.4 is 18.9 Å². The third-order valence-corrected chi connectivity index (χ3v) is 6.49. The molecule has 0 atom stereocenters.